The Morgan fingerprint density at radius 1 is 1.00 bits per heavy atom. The van der Waals surface area contributed by atoms with Gasteiger partial charge in [0.15, 0.2) is 11.5 Å². The van der Waals surface area contributed by atoms with Gasteiger partial charge in [-0.25, -0.2) is 0 Å². The van der Waals surface area contributed by atoms with E-state index in [4.69, 9.17) is 14.2 Å². The summed E-state index contributed by atoms with van der Waals surface area (Å²) in [6.07, 6.45) is 2.66. The first-order valence-electron chi connectivity index (χ1n) is 8.84. The summed E-state index contributed by atoms with van der Waals surface area (Å²) >= 11 is 0. The number of nitrogens with zero attached hydrogens (tertiary/aromatic N) is 1. The molecule has 5 nitrogen and oxygen atoms in total. The molecule has 2 rings (SSSR count). The van der Waals surface area contributed by atoms with Crippen LogP contribution in [0.4, 0.5) is 0 Å². The van der Waals surface area contributed by atoms with Crippen LogP contribution >= 0.6 is 0 Å². The summed E-state index contributed by atoms with van der Waals surface area (Å²) in [5.41, 5.74) is 1.13. The highest BCUT2D eigenvalue weighted by molar-refractivity contribution is 5.53. The number of hydrogen-bond donors (Lipinski definition) is 1. The smallest absolute Gasteiger partial charge is 0.203 e. The Morgan fingerprint density at radius 3 is 2.04 bits per heavy atom. The van der Waals surface area contributed by atoms with Gasteiger partial charge in [-0.1, -0.05) is 13.8 Å². The summed E-state index contributed by atoms with van der Waals surface area (Å²) in [5, 5.41) is 3.61. The summed E-state index contributed by atoms with van der Waals surface area (Å²) in [5.74, 6) is 2.69. The van der Waals surface area contributed by atoms with Gasteiger partial charge in [-0.3, -0.25) is 4.90 Å². The van der Waals surface area contributed by atoms with Gasteiger partial charge in [0.1, 0.15) is 0 Å². The Balaban J connectivity index is 2.00. The number of nitrogens with one attached hydrogen (secondary N) is 1. The SMILES string of the molecule is COc1cc(CNCC(C(C)C)N2CCCC2)cc(OC)c1OC. The molecule has 0 aliphatic carbocycles. The number of ether oxygens (including phenoxy) is 3. The molecule has 1 aliphatic rings. The second-order valence-corrected chi connectivity index (χ2v) is 6.72. The van der Waals surface area contributed by atoms with Crippen LogP contribution in [0.15, 0.2) is 12.1 Å². The van der Waals surface area contributed by atoms with Crippen molar-refractivity contribution < 1.29 is 14.2 Å². The van der Waals surface area contributed by atoms with Gasteiger partial charge < -0.3 is 19.5 Å². The van der Waals surface area contributed by atoms with Gasteiger partial charge in [-0.05, 0) is 49.5 Å². The average molecular weight is 336 g/mol. The van der Waals surface area contributed by atoms with E-state index in [0.717, 1.165) is 18.7 Å². The Bertz CT molecular complexity index is 488. The predicted molar refractivity (Wildman–Crippen MR) is 97.2 cm³/mol. The predicted octanol–water partition coefficient (Wildman–Crippen LogP) is 2.92. The highest BCUT2D eigenvalue weighted by Gasteiger charge is 2.24. The van der Waals surface area contributed by atoms with Gasteiger partial charge in [-0.2, -0.15) is 0 Å². The van der Waals surface area contributed by atoms with Crippen molar-refractivity contribution in [1.29, 1.82) is 0 Å². The monoisotopic (exact) mass is 336 g/mol. The Hall–Kier alpha value is -1.46. The molecule has 136 valence electrons. The summed E-state index contributed by atoms with van der Waals surface area (Å²) in [6.45, 7) is 8.86. The molecular formula is C19H32N2O3. The molecule has 5 heteroatoms. The van der Waals surface area contributed by atoms with Crippen molar-refractivity contribution in [3.8, 4) is 17.2 Å². The van der Waals surface area contributed by atoms with Gasteiger partial charge in [0.2, 0.25) is 5.75 Å². The zero-order valence-electron chi connectivity index (χ0n) is 15.7. The molecule has 0 amide bonds. The van der Waals surface area contributed by atoms with E-state index in [0.29, 0.717) is 29.2 Å². The van der Waals surface area contributed by atoms with Crippen LogP contribution in [0.25, 0.3) is 0 Å². The Morgan fingerprint density at radius 2 is 1.58 bits per heavy atom. The van der Waals surface area contributed by atoms with Gasteiger partial charge in [-0.15, -0.1) is 0 Å². The van der Waals surface area contributed by atoms with Crippen LogP contribution in [0.2, 0.25) is 0 Å². The quantitative estimate of drug-likeness (QED) is 0.751. The molecule has 1 atom stereocenters. The lowest BCUT2D eigenvalue weighted by Crippen LogP contribution is -2.44. The zero-order chi connectivity index (χ0) is 17.5. The molecule has 1 unspecified atom stereocenters. The fraction of sp³-hybridized carbons (Fsp3) is 0.684. The molecule has 0 bridgehead atoms. The third kappa shape index (κ3) is 4.54. The van der Waals surface area contributed by atoms with Crippen molar-refractivity contribution >= 4 is 0 Å². The maximum absolute atomic E-state index is 5.43. The van der Waals surface area contributed by atoms with E-state index >= 15 is 0 Å². The van der Waals surface area contributed by atoms with Crippen LogP contribution in [0.3, 0.4) is 0 Å². The lowest BCUT2D eigenvalue weighted by molar-refractivity contribution is 0.186. The van der Waals surface area contributed by atoms with Crippen LogP contribution in [0.1, 0.15) is 32.3 Å². The zero-order valence-corrected chi connectivity index (χ0v) is 15.7. The first-order valence-corrected chi connectivity index (χ1v) is 8.84. The summed E-state index contributed by atoms with van der Waals surface area (Å²) < 4.78 is 16.2. The second kappa shape index (κ2) is 9.14. The minimum absolute atomic E-state index is 0.592. The highest BCUT2D eigenvalue weighted by Crippen LogP contribution is 2.38. The van der Waals surface area contributed by atoms with E-state index in [1.165, 1.54) is 25.9 Å². The van der Waals surface area contributed by atoms with E-state index < -0.39 is 0 Å². The second-order valence-electron chi connectivity index (χ2n) is 6.72. The van der Waals surface area contributed by atoms with Gasteiger partial charge >= 0.3 is 0 Å². The van der Waals surface area contributed by atoms with Crippen molar-refractivity contribution in [3.63, 3.8) is 0 Å². The molecule has 1 heterocycles. The molecule has 1 aromatic carbocycles. The Labute approximate surface area is 146 Å². The van der Waals surface area contributed by atoms with E-state index in [9.17, 15) is 0 Å². The first kappa shape index (κ1) is 18.9. The van der Waals surface area contributed by atoms with E-state index in [2.05, 4.69) is 24.1 Å². The first-order chi connectivity index (χ1) is 11.6. The molecule has 0 radical (unpaired) electrons. The van der Waals surface area contributed by atoms with Gasteiger partial charge in [0.25, 0.3) is 0 Å². The highest BCUT2D eigenvalue weighted by atomic mass is 16.5. The number of methoxy groups -OCH3 is 3. The normalized spacial score (nSPS) is 16.4. The molecule has 0 aromatic heterocycles. The van der Waals surface area contributed by atoms with E-state index in [-0.39, 0.29) is 0 Å². The number of likely N-dealkylation sites (tertiary alicyclic amines) is 1. The van der Waals surface area contributed by atoms with Crippen LogP contribution < -0.4 is 19.5 Å². The summed E-state index contributed by atoms with van der Waals surface area (Å²) in [6, 6.07) is 4.61. The maximum Gasteiger partial charge on any atom is 0.203 e. The van der Waals surface area contributed by atoms with Crippen molar-refractivity contribution in [2.24, 2.45) is 5.92 Å². The minimum Gasteiger partial charge on any atom is -0.493 e. The van der Waals surface area contributed by atoms with Crippen LogP contribution in [0, 0.1) is 5.92 Å². The molecule has 1 fully saturated rings. The van der Waals surface area contributed by atoms with Crippen LogP contribution in [-0.2, 0) is 6.54 Å². The molecule has 24 heavy (non-hydrogen) atoms. The third-order valence-electron chi connectivity index (χ3n) is 4.79. The standard InChI is InChI=1S/C19H32N2O3/c1-14(2)16(21-8-6-7-9-21)13-20-12-15-10-17(22-3)19(24-5)18(11-15)23-4/h10-11,14,16,20H,6-9,12-13H2,1-5H3. The van der Waals surface area contributed by atoms with Gasteiger partial charge in [0, 0.05) is 19.1 Å². The molecule has 1 saturated heterocycles. The fourth-order valence-corrected chi connectivity index (χ4v) is 3.46. The number of benzene rings is 1. The third-order valence-corrected chi connectivity index (χ3v) is 4.79. The lowest BCUT2D eigenvalue weighted by Gasteiger charge is -2.31. The summed E-state index contributed by atoms with van der Waals surface area (Å²) in [4.78, 5) is 2.62. The van der Waals surface area contributed by atoms with Gasteiger partial charge in [0.05, 0.1) is 21.3 Å². The van der Waals surface area contributed by atoms with Crippen molar-refractivity contribution in [2.45, 2.75) is 39.3 Å². The average Bonchev–Trinajstić information content (AvgIpc) is 3.11. The molecule has 1 aromatic rings. The van der Waals surface area contributed by atoms with Crippen LogP contribution in [0.5, 0.6) is 17.2 Å². The molecule has 1 aliphatic heterocycles. The fourth-order valence-electron chi connectivity index (χ4n) is 3.46. The molecular weight excluding hydrogens is 304 g/mol. The topological polar surface area (TPSA) is 43.0 Å². The largest absolute Gasteiger partial charge is 0.493 e. The van der Waals surface area contributed by atoms with E-state index in [1.807, 2.05) is 12.1 Å². The number of hydrogen-bond acceptors (Lipinski definition) is 5. The van der Waals surface area contributed by atoms with E-state index in [1.54, 1.807) is 21.3 Å². The summed E-state index contributed by atoms with van der Waals surface area (Å²) in [7, 11) is 4.93. The van der Waals surface area contributed by atoms with Crippen molar-refractivity contribution in [1.82, 2.24) is 10.2 Å². The van der Waals surface area contributed by atoms with Crippen molar-refractivity contribution in [2.75, 3.05) is 41.0 Å². The Kier molecular flexibility index (Phi) is 7.18. The molecule has 0 saturated carbocycles. The van der Waals surface area contributed by atoms with Crippen LogP contribution in [-0.4, -0.2) is 51.9 Å². The lowest BCUT2D eigenvalue weighted by atomic mass is 10.0. The maximum atomic E-state index is 5.43. The number of rotatable bonds is 9. The molecule has 1 N–H and O–H groups in total. The minimum atomic E-state index is 0.592. The molecule has 0 spiro atoms. The van der Waals surface area contributed by atoms with Crippen molar-refractivity contribution in [3.05, 3.63) is 17.7 Å².